The molecule has 1 saturated heterocycles. The van der Waals surface area contributed by atoms with E-state index in [-0.39, 0.29) is 11.9 Å². The Morgan fingerprint density at radius 3 is 2.95 bits per heavy atom. The van der Waals surface area contributed by atoms with Crippen LogP contribution in [0.4, 0.5) is 0 Å². The fourth-order valence-electron chi connectivity index (χ4n) is 2.55. The topological polar surface area (TPSA) is 58.1 Å². The maximum atomic E-state index is 12.3. The molecule has 1 aliphatic heterocycles. The number of aromatic nitrogens is 2. The third-order valence-electron chi connectivity index (χ3n) is 3.67. The molecule has 3 heterocycles. The molecule has 3 rings (SSSR count). The molecule has 1 N–H and O–H groups in total. The van der Waals surface area contributed by atoms with Crippen molar-refractivity contribution < 1.29 is 4.79 Å². The molecule has 21 heavy (non-hydrogen) atoms. The van der Waals surface area contributed by atoms with E-state index >= 15 is 0 Å². The highest BCUT2D eigenvalue weighted by atomic mass is 16.1. The van der Waals surface area contributed by atoms with Gasteiger partial charge >= 0.3 is 0 Å². The number of carbonyl (C=O) groups excluding carboxylic acids is 1. The maximum Gasteiger partial charge on any atom is 0.270 e. The van der Waals surface area contributed by atoms with Crippen LogP contribution in [0.25, 0.3) is 11.3 Å². The van der Waals surface area contributed by atoms with Crippen LogP contribution in [0.3, 0.4) is 0 Å². The summed E-state index contributed by atoms with van der Waals surface area (Å²) in [5, 5.41) is 3.05. The van der Waals surface area contributed by atoms with E-state index < -0.39 is 0 Å². The minimum atomic E-state index is -0.110. The molecule has 108 valence electrons. The number of rotatable bonds is 3. The van der Waals surface area contributed by atoms with Gasteiger partial charge in [0.25, 0.3) is 5.91 Å². The van der Waals surface area contributed by atoms with Crippen LogP contribution in [0, 0.1) is 0 Å². The standard InChI is InChI=1S/C16H18N4O/c1-20-9-7-13(11-20)18-16(21)15-6-2-5-14(19-15)12-4-3-8-17-10-12/h2-6,8,10,13H,7,9,11H2,1H3,(H,18,21)/t13-/m1/s1. The van der Waals surface area contributed by atoms with Gasteiger partial charge in [-0.1, -0.05) is 6.07 Å². The molecule has 5 heteroatoms. The number of hydrogen-bond acceptors (Lipinski definition) is 4. The molecule has 0 aliphatic carbocycles. The van der Waals surface area contributed by atoms with E-state index in [1.807, 2.05) is 24.3 Å². The van der Waals surface area contributed by atoms with E-state index in [9.17, 15) is 4.79 Å². The molecule has 0 aromatic carbocycles. The first kappa shape index (κ1) is 13.7. The van der Waals surface area contributed by atoms with Crippen LogP contribution in [0.5, 0.6) is 0 Å². The van der Waals surface area contributed by atoms with E-state index in [1.54, 1.807) is 18.5 Å². The van der Waals surface area contributed by atoms with Gasteiger partial charge in [0.05, 0.1) is 5.69 Å². The van der Waals surface area contributed by atoms with E-state index in [0.717, 1.165) is 30.8 Å². The Kier molecular flexibility index (Phi) is 3.92. The largest absolute Gasteiger partial charge is 0.347 e. The average molecular weight is 282 g/mol. The summed E-state index contributed by atoms with van der Waals surface area (Å²) < 4.78 is 0. The molecule has 0 unspecified atom stereocenters. The van der Waals surface area contributed by atoms with Crippen LogP contribution >= 0.6 is 0 Å². The Hall–Kier alpha value is -2.27. The minimum Gasteiger partial charge on any atom is -0.347 e. The molecule has 0 saturated carbocycles. The third kappa shape index (κ3) is 3.25. The summed E-state index contributed by atoms with van der Waals surface area (Å²) in [5.74, 6) is -0.110. The van der Waals surface area contributed by atoms with Crippen molar-refractivity contribution in [2.75, 3.05) is 20.1 Å². The maximum absolute atomic E-state index is 12.3. The lowest BCUT2D eigenvalue weighted by atomic mass is 10.1. The lowest BCUT2D eigenvalue weighted by Gasteiger charge is -2.12. The van der Waals surface area contributed by atoms with Crippen molar-refractivity contribution in [2.24, 2.45) is 0 Å². The van der Waals surface area contributed by atoms with E-state index in [4.69, 9.17) is 0 Å². The predicted molar refractivity (Wildman–Crippen MR) is 80.8 cm³/mol. The molecule has 1 atom stereocenters. The zero-order chi connectivity index (χ0) is 14.7. The number of amides is 1. The second kappa shape index (κ2) is 6.01. The van der Waals surface area contributed by atoms with Crippen molar-refractivity contribution >= 4 is 5.91 Å². The fourth-order valence-corrected chi connectivity index (χ4v) is 2.55. The fraction of sp³-hybridized carbons (Fsp3) is 0.312. The Bertz CT molecular complexity index is 629. The highest BCUT2D eigenvalue weighted by Gasteiger charge is 2.22. The summed E-state index contributed by atoms with van der Waals surface area (Å²) in [4.78, 5) is 23.0. The van der Waals surface area contributed by atoms with Gasteiger partial charge in [0, 0.05) is 30.5 Å². The van der Waals surface area contributed by atoms with Crippen LogP contribution in [0.2, 0.25) is 0 Å². The Morgan fingerprint density at radius 1 is 1.33 bits per heavy atom. The van der Waals surface area contributed by atoms with Crippen molar-refractivity contribution in [3.8, 4) is 11.3 Å². The van der Waals surface area contributed by atoms with Gasteiger partial charge in [-0.25, -0.2) is 4.98 Å². The number of nitrogens with zero attached hydrogens (tertiary/aromatic N) is 3. The second-order valence-corrected chi connectivity index (χ2v) is 5.37. The molecular weight excluding hydrogens is 264 g/mol. The minimum absolute atomic E-state index is 0.110. The van der Waals surface area contributed by atoms with Crippen molar-refractivity contribution in [3.63, 3.8) is 0 Å². The number of pyridine rings is 2. The molecule has 5 nitrogen and oxygen atoms in total. The van der Waals surface area contributed by atoms with Gasteiger partial charge in [0.2, 0.25) is 0 Å². The molecule has 2 aromatic rings. The smallest absolute Gasteiger partial charge is 0.270 e. The Balaban J connectivity index is 1.75. The van der Waals surface area contributed by atoms with Crippen molar-refractivity contribution in [1.29, 1.82) is 0 Å². The number of carbonyl (C=O) groups is 1. The number of nitrogens with one attached hydrogen (secondary N) is 1. The molecular formula is C16H18N4O. The van der Waals surface area contributed by atoms with Crippen molar-refractivity contribution in [2.45, 2.75) is 12.5 Å². The molecule has 1 amide bonds. The van der Waals surface area contributed by atoms with E-state index in [1.165, 1.54) is 0 Å². The number of likely N-dealkylation sites (N-methyl/N-ethyl adjacent to an activating group) is 1. The summed E-state index contributed by atoms with van der Waals surface area (Å²) >= 11 is 0. The van der Waals surface area contributed by atoms with Crippen LogP contribution < -0.4 is 5.32 Å². The van der Waals surface area contributed by atoms with Gasteiger partial charge in [0.1, 0.15) is 5.69 Å². The first-order valence-corrected chi connectivity index (χ1v) is 7.09. The Morgan fingerprint density at radius 2 is 2.24 bits per heavy atom. The number of likely N-dealkylation sites (tertiary alicyclic amines) is 1. The van der Waals surface area contributed by atoms with Crippen molar-refractivity contribution in [3.05, 3.63) is 48.4 Å². The molecule has 0 radical (unpaired) electrons. The first-order valence-electron chi connectivity index (χ1n) is 7.09. The van der Waals surface area contributed by atoms with Gasteiger partial charge in [0.15, 0.2) is 0 Å². The van der Waals surface area contributed by atoms with Crippen LogP contribution in [-0.2, 0) is 0 Å². The molecule has 0 spiro atoms. The van der Waals surface area contributed by atoms with Gasteiger partial charge in [-0.2, -0.15) is 0 Å². The molecule has 0 bridgehead atoms. The third-order valence-corrected chi connectivity index (χ3v) is 3.67. The summed E-state index contributed by atoms with van der Waals surface area (Å²) in [6.07, 6.45) is 4.46. The quantitative estimate of drug-likeness (QED) is 0.928. The second-order valence-electron chi connectivity index (χ2n) is 5.37. The molecule has 2 aromatic heterocycles. The number of hydrogen-bond donors (Lipinski definition) is 1. The van der Waals surface area contributed by atoms with E-state index in [0.29, 0.717) is 5.69 Å². The molecule has 1 aliphatic rings. The van der Waals surface area contributed by atoms with Crippen LogP contribution in [0.1, 0.15) is 16.9 Å². The zero-order valence-corrected chi connectivity index (χ0v) is 12.0. The SMILES string of the molecule is CN1CC[C@@H](NC(=O)c2cccc(-c3cccnc3)n2)C1. The summed E-state index contributed by atoms with van der Waals surface area (Å²) in [6.45, 7) is 1.92. The lowest BCUT2D eigenvalue weighted by Crippen LogP contribution is -2.36. The first-order chi connectivity index (χ1) is 10.2. The predicted octanol–water partition coefficient (Wildman–Crippen LogP) is 1.58. The van der Waals surface area contributed by atoms with Gasteiger partial charge in [-0.05, 0) is 44.3 Å². The summed E-state index contributed by atoms with van der Waals surface area (Å²) in [5.41, 5.74) is 2.12. The highest BCUT2D eigenvalue weighted by Crippen LogP contribution is 2.15. The normalized spacial score (nSPS) is 18.6. The van der Waals surface area contributed by atoms with Crippen LogP contribution in [-0.4, -0.2) is 47.0 Å². The zero-order valence-electron chi connectivity index (χ0n) is 12.0. The average Bonchev–Trinajstić information content (AvgIpc) is 2.93. The lowest BCUT2D eigenvalue weighted by molar-refractivity contribution is 0.0933. The van der Waals surface area contributed by atoms with Gasteiger partial charge in [-0.3, -0.25) is 9.78 Å². The highest BCUT2D eigenvalue weighted by molar-refractivity contribution is 5.93. The summed E-state index contributed by atoms with van der Waals surface area (Å²) in [6, 6.07) is 9.49. The van der Waals surface area contributed by atoms with Crippen LogP contribution in [0.15, 0.2) is 42.7 Å². The van der Waals surface area contributed by atoms with Gasteiger partial charge < -0.3 is 10.2 Å². The van der Waals surface area contributed by atoms with Crippen molar-refractivity contribution in [1.82, 2.24) is 20.2 Å². The van der Waals surface area contributed by atoms with Gasteiger partial charge in [-0.15, -0.1) is 0 Å². The van der Waals surface area contributed by atoms with E-state index in [2.05, 4.69) is 27.2 Å². The summed E-state index contributed by atoms with van der Waals surface area (Å²) in [7, 11) is 2.06. The monoisotopic (exact) mass is 282 g/mol. The molecule has 1 fully saturated rings. The Labute approximate surface area is 124 Å².